The van der Waals surface area contributed by atoms with Gasteiger partial charge in [0.05, 0.1) is 0 Å². The van der Waals surface area contributed by atoms with Crippen molar-refractivity contribution >= 4 is 16.1 Å². The molecule has 0 fully saturated rings. The molecule has 0 aromatic carbocycles. The second-order valence-electron chi connectivity index (χ2n) is 1.87. The third-order valence-corrected chi connectivity index (χ3v) is 1.86. The highest BCUT2D eigenvalue weighted by molar-refractivity contribution is 7.87. The zero-order valence-corrected chi connectivity index (χ0v) is 6.36. The van der Waals surface area contributed by atoms with Crippen molar-refractivity contribution in [3.63, 3.8) is 0 Å². The molecule has 0 unspecified atom stereocenters. The summed E-state index contributed by atoms with van der Waals surface area (Å²) in [5.41, 5.74) is 0. The number of halogens is 4. The maximum atomic E-state index is 12.0. The molecule has 0 saturated carbocycles. The van der Waals surface area contributed by atoms with E-state index in [2.05, 4.69) is 0 Å². The van der Waals surface area contributed by atoms with Gasteiger partial charge in [-0.2, -0.15) is 26.0 Å². The Hall–Kier alpha value is -0.900. The molecular weight excluding hydrogens is 224 g/mol. The summed E-state index contributed by atoms with van der Waals surface area (Å²) in [5, 5.41) is 1.48. The molecule has 0 amide bonds. The van der Waals surface area contributed by atoms with E-state index in [0.717, 1.165) is 0 Å². The normalized spacial score (nSPS) is 14.2. The first-order valence-electron chi connectivity index (χ1n) is 2.40. The van der Waals surface area contributed by atoms with Crippen LogP contribution in [0.2, 0.25) is 0 Å². The molecule has 5 nitrogen and oxygen atoms in total. The van der Waals surface area contributed by atoms with Crippen LogP contribution in [0.4, 0.5) is 17.6 Å². The molecule has 0 aliphatic heterocycles. The van der Waals surface area contributed by atoms with Gasteiger partial charge in [-0.15, -0.1) is 0 Å². The summed E-state index contributed by atoms with van der Waals surface area (Å²) < 4.78 is 74.8. The minimum absolute atomic E-state index is 3.35. The van der Waals surface area contributed by atoms with E-state index < -0.39 is 27.3 Å². The van der Waals surface area contributed by atoms with Crippen LogP contribution in [0.5, 0.6) is 0 Å². The lowest BCUT2D eigenvalue weighted by Gasteiger charge is -2.19. The topological polar surface area (TPSA) is 91.7 Å². The summed E-state index contributed by atoms with van der Waals surface area (Å²) >= 11 is 0. The number of carboxylic acid groups (broad SMARTS) is 1. The van der Waals surface area contributed by atoms with Gasteiger partial charge < -0.3 is 5.11 Å². The minimum Gasteiger partial charge on any atom is -0.477 e. The van der Waals surface area contributed by atoms with Gasteiger partial charge in [0.15, 0.2) is 0 Å². The highest BCUT2D eigenvalue weighted by atomic mass is 32.2. The quantitative estimate of drug-likeness (QED) is 0.529. The van der Waals surface area contributed by atoms with E-state index in [1.54, 1.807) is 0 Å². The highest BCUT2D eigenvalue weighted by Crippen LogP contribution is 2.38. The molecule has 10 heteroatoms. The molecule has 0 saturated heterocycles. The minimum atomic E-state index is -6.47. The van der Waals surface area contributed by atoms with E-state index in [0.29, 0.717) is 0 Å². The third-order valence-electron chi connectivity index (χ3n) is 0.958. The van der Waals surface area contributed by atoms with Crippen LogP contribution in [0.3, 0.4) is 0 Å². The molecule has 0 rings (SSSR count). The average molecular weight is 226 g/mol. The summed E-state index contributed by atoms with van der Waals surface area (Å²) in [7, 11) is -6.47. The predicted molar refractivity (Wildman–Crippen MR) is 29.1 cm³/mol. The predicted octanol–water partition coefficient (Wildman–Crippen LogP) is 0.187. The van der Waals surface area contributed by atoms with E-state index >= 15 is 0 Å². The van der Waals surface area contributed by atoms with Gasteiger partial charge in [-0.05, 0) is 0 Å². The fourth-order valence-electron chi connectivity index (χ4n) is 0.286. The average Bonchev–Trinajstić information content (AvgIpc) is 1.84. The summed E-state index contributed by atoms with van der Waals surface area (Å²) in [5.74, 6) is -9.23. The van der Waals surface area contributed by atoms with E-state index in [9.17, 15) is 30.8 Å². The number of alkyl halides is 4. The van der Waals surface area contributed by atoms with Gasteiger partial charge in [-0.25, -0.2) is 4.79 Å². The summed E-state index contributed by atoms with van der Waals surface area (Å²) in [4.78, 5) is 9.51. The zero-order chi connectivity index (χ0) is 11.1. The summed E-state index contributed by atoms with van der Waals surface area (Å²) in [6.07, 6.45) is 0. The Bertz CT molecular complexity index is 319. The maximum Gasteiger partial charge on any atom is 0.443 e. The lowest BCUT2D eigenvalue weighted by molar-refractivity contribution is -0.199. The van der Waals surface area contributed by atoms with Gasteiger partial charge in [-0.1, -0.05) is 0 Å². The number of hydrogen-bond donors (Lipinski definition) is 2. The fraction of sp³-hybridized carbons (Fsp3) is 0.667. The van der Waals surface area contributed by atoms with Crippen molar-refractivity contribution in [1.29, 1.82) is 0 Å². The van der Waals surface area contributed by atoms with Crippen LogP contribution in [0.25, 0.3) is 0 Å². The van der Waals surface area contributed by atoms with Crippen molar-refractivity contribution in [2.75, 3.05) is 0 Å². The first-order chi connectivity index (χ1) is 5.44. The molecule has 0 bridgehead atoms. The second kappa shape index (κ2) is 2.80. The van der Waals surface area contributed by atoms with Gasteiger partial charge in [0.1, 0.15) is 0 Å². The highest BCUT2D eigenvalue weighted by Gasteiger charge is 2.70. The fourth-order valence-corrected chi connectivity index (χ4v) is 0.698. The van der Waals surface area contributed by atoms with Crippen molar-refractivity contribution < 1.29 is 40.4 Å². The van der Waals surface area contributed by atoms with E-state index in [4.69, 9.17) is 9.66 Å². The number of hydrogen-bond acceptors (Lipinski definition) is 3. The zero-order valence-electron chi connectivity index (χ0n) is 5.54. The largest absolute Gasteiger partial charge is 0.477 e. The van der Waals surface area contributed by atoms with Crippen molar-refractivity contribution in [2.24, 2.45) is 0 Å². The molecule has 13 heavy (non-hydrogen) atoms. The lowest BCUT2D eigenvalue weighted by atomic mass is 10.3. The Morgan fingerprint density at radius 1 is 1.15 bits per heavy atom. The molecule has 0 atom stereocenters. The Kier molecular flexibility index (Phi) is 2.61. The van der Waals surface area contributed by atoms with Crippen LogP contribution in [0.15, 0.2) is 0 Å². The monoisotopic (exact) mass is 226 g/mol. The van der Waals surface area contributed by atoms with Gasteiger partial charge in [0, 0.05) is 0 Å². The maximum absolute atomic E-state index is 12.0. The number of rotatable bonds is 3. The van der Waals surface area contributed by atoms with Crippen molar-refractivity contribution in [2.45, 2.75) is 11.2 Å². The van der Waals surface area contributed by atoms with Gasteiger partial charge in [-0.3, -0.25) is 4.55 Å². The van der Waals surface area contributed by atoms with Crippen molar-refractivity contribution in [1.82, 2.24) is 0 Å². The Morgan fingerprint density at radius 2 is 1.46 bits per heavy atom. The SMILES string of the molecule is O=C(O)C(F)(F)C(F)(F)S(=O)(=O)O. The molecule has 0 spiro atoms. The summed E-state index contributed by atoms with van der Waals surface area (Å²) in [6.45, 7) is 0. The van der Waals surface area contributed by atoms with E-state index in [1.807, 2.05) is 0 Å². The van der Waals surface area contributed by atoms with Crippen LogP contribution in [0.1, 0.15) is 0 Å². The first-order valence-corrected chi connectivity index (χ1v) is 3.84. The smallest absolute Gasteiger partial charge is 0.443 e. The van der Waals surface area contributed by atoms with Crippen LogP contribution < -0.4 is 0 Å². The van der Waals surface area contributed by atoms with E-state index in [-0.39, 0.29) is 0 Å². The summed E-state index contributed by atoms with van der Waals surface area (Å²) in [6, 6.07) is 0. The van der Waals surface area contributed by atoms with Crippen LogP contribution in [-0.2, 0) is 14.9 Å². The Morgan fingerprint density at radius 3 is 1.54 bits per heavy atom. The standard InChI is InChI=1S/C3H2F4O5S/c4-2(5,1(8)9)3(6,7)13(10,11)12/h(H,8,9)(H,10,11,12). The second-order valence-corrected chi connectivity index (χ2v) is 3.33. The molecule has 0 aromatic heterocycles. The Balaban J connectivity index is 5.42. The van der Waals surface area contributed by atoms with E-state index in [1.165, 1.54) is 0 Å². The number of aliphatic carboxylic acids is 1. The molecule has 2 N–H and O–H groups in total. The lowest BCUT2D eigenvalue weighted by Crippen LogP contribution is -2.51. The van der Waals surface area contributed by atoms with Gasteiger partial charge in [0.25, 0.3) is 0 Å². The Labute approximate surface area is 68.7 Å². The third kappa shape index (κ3) is 1.72. The molecule has 0 aromatic rings. The van der Waals surface area contributed by atoms with Crippen LogP contribution >= 0.6 is 0 Å². The first kappa shape index (κ1) is 12.1. The van der Waals surface area contributed by atoms with Crippen LogP contribution in [-0.4, -0.2) is 35.2 Å². The molecular formula is C3H2F4O5S. The van der Waals surface area contributed by atoms with Crippen molar-refractivity contribution in [3.05, 3.63) is 0 Å². The molecule has 0 radical (unpaired) electrons. The van der Waals surface area contributed by atoms with Crippen LogP contribution in [0, 0.1) is 0 Å². The number of carbonyl (C=O) groups is 1. The van der Waals surface area contributed by atoms with Crippen molar-refractivity contribution in [3.8, 4) is 0 Å². The van der Waals surface area contributed by atoms with Gasteiger partial charge in [0.2, 0.25) is 0 Å². The molecule has 0 aliphatic carbocycles. The molecule has 0 aliphatic rings. The molecule has 0 heterocycles. The van der Waals surface area contributed by atoms with Gasteiger partial charge >= 0.3 is 27.3 Å². The molecule has 78 valence electrons. The number of carboxylic acids is 1.